The molecule has 1 aromatic heterocycles. The van der Waals surface area contributed by atoms with Crippen molar-refractivity contribution in [1.29, 1.82) is 0 Å². The molecule has 1 aliphatic heterocycles. The van der Waals surface area contributed by atoms with Crippen LogP contribution in [-0.2, 0) is 17.4 Å². The summed E-state index contributed by atoms with van der Waals surface area (Å²) in [5.74, 6) is 0.301. The molecule has 0 amide bonds. The van der Waals surface area contributed by atoms with E-state index in [1.165, 1.54) is 18.7 Å². The summed E-state index contributed by atoms with van der Waals surface area (Å²) in [6, 6.07) is 16.2. The Kier molecular flexibility index (Phi) is 6.32. The Morgan fingerprint density at radius 2 is 1.88 bits per heavy atom. The van der Waals surface area contributed by atoms with Gasteiger partial charge in [0, 0.05) is 36.7 Å². The van der Waals surface area contributed by atoms with Gasteiger partial charge in [-0.25, -0.2) is 4.98 Å². The molecule has 0 saturated carbocycles. The number of ether oxygens (including phenoxy) is 1. The first-order chi connectivity index (χ1) is 15.4. The summed E-state index contributed by atoms with van der Waals surface area (Å²) in [5.41, 5.74) is 1.23. The van der Waals surface area contributed by atoms with Crippen LogP contribution < -0.4 is 9.64 Å². The van der Waals surface area contributed by atoms with Gasteiger partial charge in [-0.3, -0.25) is 4.90 Å². The van der Waals surface area contributed by atoms with E-state index in [9.17, 15) is 18.0 Å². The lowest BCUT2D eigenvalue weighted by atomic mass is 10.0. The van der Waals surface area contributed by atoms with Crippen molar-refractivity contribution in [2.45, 2.75) is 18.6 Å². The van der Waals surface area contributed by atoms with E-state index >= 15 is 0 Å². The van der Waals surface area contributed by atoms with E-state index in [-0.39, 0.29) is 11.6 Å². The van der Waals surface area contributed by atoms with Crippen LogP contribution in [0.2, 0.25) is 0 Å². The molecule has 0 spiro atoms. The third-order valence-electron chi connectivity index (χ3n) is 5.88. The van der Waals surface area contributed by atoms with Crippen LogP contribution in [0.3, 0.4) is 0 Å². The van der Waals surface area contributed by atoms with E-state index in [4.69, 9.17) is 4.74 Å². The minimum Gasteiger partial charge on any atom is -0.494 e. The number of benzene rings is 2. The molecule has 8 heteroatoms. The van der Waals surface area contributed by atoms with Crippen LogP contribution in [0, 0.1) is 0 Å². The number of fused-ring (bicyclic) bond motifs is 1. The number of carbonyl (C=O) groups is 1. The number of aromatic nitrogens is 1. The number of methoxy groups -OCH3 is 1. The summed E-state index contributed by atoms with van der Waals surface area (Å²) in [5, 5.41) is 0.611. The summed E-state index contributed by atoms with van der Waals surface area (Å²) >= 11 is 0. The molecule has 2 heterocycles. The molecule has 0 radical (unpaired) electrons. The molecule has 0 aliphatic carbocycles. The third-order valence-corrected chi connectivity index (χ3v) is 5.88. The molecule has 0 bridgehead atoms. The average Bonchev–Trinajstić information content (AvgIpc) is 2.79. The summed E-state index contributed by atoms with van der Waals surface area (Å²) in [6.07, 6.45) is -2.84. The highest BCUT2D eigenvalue weighted by Gasteiger charge is 2.33. The maximum Gasteiger partial charge on any atom is 0.433 e. The van der Waals surface area contributed by atoms with Crippen molar-refractivity contribution in [3.63, 3.8) is 0 Å². The first-order valence-corrected chi connectivity index (χ1v) is 10.4. The molecule has 4 rings (SSSR count). The van der Waals surface area contributed by atoms with Gasteiger partial charge in [-0.05, 0) is 36.2 Å². The van der Waals surface area contributed by atoms with Gasteiger partial charge in [0.25, 0.3) is 0 Å². The highest BCUT2D eigenvalue weighted by molar-refractivity contribution is 5.96. The minimum atomic E-state index is -4.53. The maximum atomic E-state index is 13.2. The largest absolute Gasteiger partial charge is 0.494 e. The number of anilines is 1. The van der Waals surface area contributed by atoms with E-state index < -0.39 is 11.9 Å². The van der Waals surface area contributed by atoms with Gasteiger partial charge in [0.2, 0.25) is 0 Å². The zero-order valence-electron chi connectivity index (χ0n) is 17.7. The summed E-state index contributed by atoms with van der Waals surface area (Å²) in [4.78, 5) is 19.4. The van der Waals surface area contributed by atoms with Crippen molar-refractivity contribution in [1.82, 2.24) is 9.88 Å². The number of alkyl halides is 3. The fourth-order valence-corrected chi connectivity index (χ4v) is 4.30. The van der Waals surface area contributed by atoms with Gasteiger partial charge in [0.05, 0.1) is 13.7 Å². The molecule has 32 heavy (non-hydrogen) atoms. The van der Waals surface area contributed by atoms with Crippen LogP contribution in [0.5, 0.6) is 5.75 Å². The molecule has 168 valence electrons. The number of hydrogen-bond acceptors (Lipinski definition) is 5. The quantitative estimate of drug-likeness (QED) is 0.535. The smallest absolute Gasteiger partial charge is 0.433 e. The Morgan fingerprint density at radius 1 is 1.09 bits per heavy atom. The number of carbonyl (C=O) groups excluding carboxylic acids is 1. The van der Waals surface area contributed by atoms with Crippen molar-refractivity contribution in [2.75, 3.05) is 38.2 Å². The molecular weight excluding hydrogens is 419 g/mol. The number of aldehydes is 1. The molecule has 1 aliphatic rings. The lowest BCUT2D eigenvalue weighted by molar-refractivity contribution is -0.141. The van der Waals surface area contributed by atoms with Crippen LogP contribution >= 0.6 is 0 Å². The lowest BCUT2D eigenvalue weighted by Gasteiger charge is -2.42. The van der Waals surface area contributed by atoms with Gasteiger partial charge >= 0.3 is 6.18 Å². The predicted molar refractivity (Wildman–Crippen MR) is 117 cm³/mol. The van der Waals surface area contributed by atoms with E-state index in [2.05, 4.69) is 26.9 Å². The Bertz CT molecular complexity index is 1090. The summed E-state index contributed by atoms with van der Waals surface area (Å²) in [6.45, 7) is 2.33. The van der Waals surface area contributed by atoms with E-state index in [1.807, 2.05) is 24.3 Å². The Hall–Kier alpha value is -3.13. The molecular formula is C24H24F3N3O2. The number of pyridine rings is 1. The van der Waals surface area contributed by atoms with Gasteiger partial charge in [0.15, 0.2) is 0 Å². The van der Waals surface area contributed by atoms with E-state index in [0.29, 0.717) is 37.3 Å². The summed E-state index contributed by atoms with van der Waals surface area (Å²) in [7, 11) is 1.42. The van der Waals surface area contributed by atoms with Crippen molar-refractivity contribution in [3.05, 3.63) is 65.9 Å². The molecule has 0 N–H and O–H groups in total. The Morgan fingerprint density at radius 3 is 2.56 bits per heavy atom. The van der Waals surface area contributed by atoms with Gasteiger partial charge in [-0.2, -0.15) is 13.2 Å². The first-order valence-electron chi connectivity index (χ1n) is 10.4. The number of piperazine rings is 1. The summed E-state index contributed by atoms with van der Waals surface area (Å²) < 4.78 is 45.0. The zero-order chi connectivity index (χ0) is 22.7. The van der Waals surface area contributed by atoms with E-state index in [0.717, 1.165) is 24.5 Å². The normalized spacial score (nSPS) is 17.5. The number of hydrogen-bond donors (Lipinski definition) is 0. The average molecular weight is 443 g/mol. The van der Waals surface area contributed by atoms with Crippen LogP contribution in [0.15, 0.2) is 54.6 Å². The SMILES string of the molecule is COc1ccc(N2CCN(CC=O)C(Cc3ccccc3)C2)c2ccc(C(F)(F)F)nc12. The van der Waals surface area contributed by atoms with Crippen molar-refractivity contribution >= 4 is 22.9 Å². The van der Waals surface area contributed by atoms with Crippen LogP contribution in [0.25, 0.3) is 10.9 Å². The van der Waals surface area contributed by atoms with Crippen LogP contribution in [0.1, 0.15) is 11.3 Å². The monoisotopic (exact) mass is 443 g/mol. The highest BCUT2D eigenvalue weighted by atomic mass is 19.4. The highest BCUT2D eigenvalue weighted by Crippen LogP contribution is 2.37. The second-order valence-corrected chi connectivity index (χ2v) is 7.83. The molecule has 5 nitrogen and oxygen atoms in total. The van der Waals surface area contributed by atoms with Gasteiger partial charge in [-0.1, -0.05) is 30.3 Å². The first kappa shape index (κ1) is 22.1. The molecule has 1 unspecified atom stereocenters. The molecule has 3 aromatic rings. The standard InChI is InChI=1S/C24H24F3N3O2/c1-32-21-9-8-20(19-7-10-22(24(25,26)27)28-23(19)21)30-12-11-29(13-14-31)18(16-30)15-17-5-3-2-4-6-17/h2-10,14,18H,11-13,15-16H2,1H3. The fourth-order valence-electron chi connectivity index (χ4n) is 4.30. The predicted octanol–water partition coefficient (Wildman–Crippen LogP) is 4.19. The maximum absolute atomic E-state index is 13.2. The number of rotatable bonds is 6. The van der Waals surface area contributed by atoms with Gasteiger partial charge in [0.1, 0.15) is 23.2 Å². The molecule has 2 aromatic carbocycles. The van der Waals surface area contributed by atoms with Crippen LogP contribution in [-0.4, -0.2) is 55.5 Å². The topological polar surface area (TPSA) is 45.7 Å². The van der Waals surface area contributed by atoms with Gasteiger partial charge in [-0.15, -0.1) is 0 Å². The fraction of sp³-hybridized carbons (Fsp3) is 0.333. The Labute approximate surface area is 184 Å². The van der Waals surface area contributed by atoms with E-state index in [1.54, 1.807) is 6.07 Å². The van der Waals surface area contributed by atoms with Gasteiger partial charge < -0.3 is 14.4 Å². The molecule has 1 atom stereocenters. The Balaban J connectivity index is 1.69. The second kappa shape index (κ2) is 9.16. The second-order valence-electron chi connectivity index (χ2n) is 7.83. The van der Waals surface area contributed by atoms with Crippen molar-refractivity contribution in [2.24, 2.45) is 0 Å². The zero-order valence-corrected chi connectivity index (χ0v) is 17.7. The van der Waals surface area contributed by atoms with Crippen molar-refractivity contribution < 1.29 is 22.7 Å². The molecule has 1 saturated heterocycles. The third kappa shape index (κ3) is 4.55. The number of nitrogens with zero attached hydrogens (tertiary/aromatic N) is 3. The minimum absolute atomic E-state index is 0.0934. The number of halogens is 3. The van der Waals surface area contributed by atoms with Crippen molar-refractivity contribution in [3.8, 4) is 5.75 Å². The van der Waals surface area contributed by atoms with Crippen LogP contribution in [0.4, 0.5) is 18.9 Å². The molecule has 1 fully saturated rings. The lowest BCUT2D eigenvalue weighted by Crippen LogP contribution is -2.54.